The molecule has 1 atom stereocenters. The van der Waals surface area contributed by atoms with Gasteiger partial charge in [0.15, 0.2) is 0 Å². The molecule has 7 nitrogen and oxygen atoms in total. The Balaban J connectivity index is 1.50. The maximum Gasteiger partial charge on any atom is 0.243 e. The quantitative estimate of drug-likeness (QED) is 0.468. The molecule has 9 heteroatoms. The summed E-state index contributed by atoms with van der Waals surface area (Å²) in [5.41, 5.74) is 2.33. The Bertz CT molecular complexity index is 1290. The normalized spacial score (nSPS) is 15.7. The largest absolute Gasteiger partial charge is 0.497 e. The third-order valence-corrected chi connectivity index (χ3v) is 8.85. The minimum atomic E-state index is -3.51. The first-order chi connectivity index (χ1) is 16.3. The van der Waals surface area contributed by atoms with Crippen LogP contribution in [0.2, 0.25) is 0 Å². The van der Waals surface area contributed by atoms with Crippen LogP contribution < -0.4 is 10.1 Å². The molecule has 3 aromatic rings. The predicted molar refractivity (Wildman–Crippen MR) is 136 cm³/mol. The second-order valence-corrected chi connectivity index (χ2v) is 11.7. The molecule has 1 fully saturated rings. The molecule has 1 saturated heterocycles. The van der Waals surface area contributed by atoms with Crippen LogP contribution in [0, 0.1) is 6.92 Å². The van der Waals surface area contributed by atoms with E-state index in [-0.39, 0.29) is 11.2 Å². The molecule has 1 N–H and O–H groups in total. The van der Waals surface area contributed by atoms with E-state index in [0.717, 1.165) is 36.0 Å². The molecule has 0 bridgehead atoms. The van der Waals surface area contributed by atoms with Crippen molar-refractivity contribution in [3.05, 3.63) is 54.1 Å². The van der Waals surface area contributed by atoms with Gasteiger partial charge in [-0.3, -0.25) is 4.79 Å². The number of rotatable bonds is 7. The van der Waals surface area contributed by atoms with Gasteiger partial charge in [-0.15, -0.1) is 0 Å². The molecule has 34 heavy (non-hydrogen) atoms. The fourth-order valence-corrected chi connectivity index (χ4v) is 6.44. The molecule has 0 spiro atoms. The van der Waals surface area contributed by atoms with Gasteiger partial charge in [-0.1, -0.05) is 18.2 Å². The number of carbonyl (C=O) groups is 1. The van der Waals surface area contributed by atoms with Gasteiger partial charge in [-0.05, 0) is 80.8 Å². The number of fused-ring (bicyclic) bond motifs is 1. The molecule has 0 radical (unpaired) electrons. The zero-order valence-electron chi connectivity index (χ0n) is 19.6. The summed E-state index contributed by atoms with van der Waals surface area (Å²) in [6.07, 6.45) is 2.88. The molecule has 1 aliphatic rings. The van der Waals surface area contributed by atoms with Crippen LogP contribution in [0.5, 0.6) is 5.75 Å². The number of nitrogens with one attached hydrogen (secondary N) is 1. The van der Waals surface area contributed by atoms with E-state index in [1.54, 1.807) is 53.9 Å². The Morgan fingerprint density at radius 1 is 1.09 bits per heavy atom. The number of anilines is 1. The summed E-state index contributed by atoms with van der Waals surface area (Å²) >= 11 is 1.37. The Kier molecular flexibility index (Phi) is 7.45. The van der Waals surface area contributed by atoms with Gasteiger partial charge in [0.1, 0.15) is 5.75 Å². The number of aromatic nitrogens is 1. The lowest BCUT2D eigenvalue weighted by molar-refractivity contribution is -0.115. The topological polar surface area (TPSA) is 88.6 Å². The first kappa shape index (κ1) is 24.5. The number of amides is 1. The first-order valence-corrected chi connectivity index (χ1v) is 13.6. The minimum absolute atomic E-state index is 0.127. The van der Waals surface area contributed by atoms with Gasteiger partial charge >= 0.3 is 0 Å². The molecule has 0 unspecified atom stereocenters. The van der Waals surface area contributed by atoms with Crippen molar-refractivity contribution in [2.75, 3.05) is 25.5 Å². The third-order valence-electron chi connectivity index (χ3n) is 5.94. The lowest BCUT2D eigenvalue weighted by Gasteiger charge is -2.26. The molecular formula is C25H29N3O4S2. The predicted octanol–water partition coefficient (Wildman–Crippen LogP) is 4.85. The number of carbonyl (C=O) groups excluding carboxylic acids is 1. The van der Waals surface area contributed by atoms with E-state index in [9.17, 15) is 13.2 Å². The number of thioether (sulfide) groups is 1. The SMILES string of the molecule is COc1ccc(NC(=O)[C@H](C)Sc2cc(C)c3cc(S(=O)(=O)N4CCCCC4)ccc3n2)cc1. The Hall–Kier alpha value is -2.62. The molecule has 2 heterocycles. The van der Waals surface area contributed by atoms with Crippen LogP contribution in [0.4, 0.5) is 5.69 Å². The maximum absolute atomic E-state index is 13.1. The highest BCUT2D eigenvalue weighted by molar-refractivity contribution is 8.00. The Morgan fingerprint density at radius 3 is 2.47 bits per heavy atom. The number of nitrogens with zero attached hydrogens (tertiary/aromatic N) is 2. The average Bonchev–Trinajstić information content (AvgIpc) is 2.84. The molecular weight excluding hydrogens is 470 g/mol. The van der Waals surface area contributed by atoms with E-state index in [0.29, 0.717) is 34.2 Å². The second-order valence-electron chi connectivity index (χ2n) is 8.40. The summed E-state index contributed by atoms with van der Waals surface area (Å²) < 4.78 is 32.9. The third kappa shape index (κ3) is 5.37. The van der Waals surface area contributed by atoms with E-state index in [1.807, 2.05) is 19.9 Å². The minimum Gasteiger partial charge on any atom is -0.497 e. The fraction of sp³-hybridized carbons (Fsp3) is 0.360. The van der Waals surface area contributed by atoms with Crippen molar-refractivity contribution in [3.63, 3.8) is 0 Å². The van der Waals surface area contributed by atoms with Gasteiger partial charge in [-0.25, -0.2) is 13.4 Å². The van der Waals surface area contributed by atoms with E-state index in [4.69, 9.17) is 4.74 Å². The van der Waals surface area contributed by atoms with E-state index >= 15 is 0 Å². The van der Waals surface area contributed by atoms with Gasteiger partial charge in [0.25, 0.3) is 0 Å². The van der Waals surface area contributed by atoms with Crippen molar-refractivity contribution in [3.8, 4) is 5.75 Å². The summed E-state index contributed by atoms with van der Waals surface area (Å²) in [5.74, 6) is 0.598. The van der Waals surface area contributed by atoms with Crippen LogP contribution in [0.15, 0.2) is 58.5 Å². The number of sulfonamides is 1. The van der Waals surface area contributed by atoms with Gasteiger partial charge in [0, 0.05) is 24.2 Å². The van der Waals surface area contributed by atoms with E-state index in [1.165, 1.54) is 11.8 Å². The average molecular weight is 500 g/mol. The molecule has 0 aliphatic carbocycles. The van der Waals surface area contributed by atoms with Crippen molar-refractivity contribution in [2.24, 2.45) is 0 Å². The summed E-state index contributed by atoms with van der Waals surface area (Å²) in [6, 6.07) is 14.2. The highest BCUT2D eigenvalue weighted by atomic mass is 32.2. The summed E-state index contributed by atoms with van der Waals surface area (Å²) in [5, 5.41) is 4.06. The van der Waals surface area contributed by atoms with E-state index < -0.39 is 10.0 Å². The molecule has 2 aromatic carbocycles. The monoisotopic (exact) mass is 499 g/mol. The number of pyridine rings is 1. The highest BCUT2D eigenvalue weighted by Crippen LogP contribution is 2.30. The maximum atomic E-state index is 13.1. The van der Waals surface area contributed by atoms with Gasteiger partial charge < -0.3 is 10.1 Å². The van der Waals surface area contributed by atoms with Crippen LogP contribution in [0.25, 0.3) is 10.9 Å². The zero-order valence-corrected chi connectivity index (χ0v) is 21.2. The van der Waals surface area contributed by atoms with Crippen molar-refractivity contribution < 1.29 is 17.9 Å². The number of ether oxygens (including phenoxy) is 1. The van der Waals surface area contributed by atoms with Crippen LogP contribution in [0.1, 0.15) is 31.7 Å². The van der Waals surface area contributed by atoms with Crippen molar-refractivity contribution in [1.82, 2.24) is 9.29 Å². The van der Waals surface area contributed by atoms with Crippen molar-refractivity contribution >= 4 is 44.3 Å². The number of aryl methyl sites for hydroxylation is 1. The van der Waals surface area contributed by atoms with E-state index in [2.05, 4.69) is 10.3 Å². The second kappa shape index (κ2) is 10.3. The number of piperidine rings is 1. The van der Waals surface area contributed by atoms with Gasteiger partial charge in [-0.2, -0.15) is 4.31 Å². The first-order valence-electron chi connectivity index (χ1n) is 11.3. The van der Waals surface area contributed by atoms with Gasteiger partial charge in [0.05, 0.1) is 27.8 Å². The molecule has 1 aromatic heterocycles. The molecule has 1 aliphatic heterocycles. The van der Waals surface area contributed by atoms with Crippen LogP contribution in [0.3, 0.4) is 0 Å². The Morgan fingerprint density at radius 2 is 1.79 bits per heavy atom. The van der Waals surface area contributed by atoms with Gasteiger partial charge in [0.2, 0.25) is 15.9 Å². The summed E-state index contributed by atoms with van der Waals surface area (Å²) in [7, 11) is -1.91. The van der Waals surface area contributed by atoms with Crippen molar-refractivity contribution in [2.45, 2.75) is 48.3 Å². The fourth-order valence-electron chi connectivity index (χ4n) is 3.97. The molecule has 1 amide bonds. The summed E-state index contributed by atoms with van der Waals surface area (Å²) in [6.45, 7) is 4.92. The van der Waals surface area contributed by atoms with Crippen LogP contribution >= 0.6 is 11.8 Å². The smallest absolute Gasteiger partial charge is 0.243 e. The van der Waals surface area contributed by atoms with Crippen LogP contribution in [-0.4, -0.2) is 49.1 Å². The molecule has 4 rings (SSSR count). The zero-order chi connectivity index (χ0) is 24.3. The lowest BCUT2D eigenvalue weighted by atomic mass is 10.1. The van der Waals surface area contributed by atoms with Crippen molar-refractivity contribution in [1.29, 1.82) is 0 Å². The van der Waals surface area contributed by atoms with Crippen LogP contribution in [-0.2, 0) is 14.8 Å². The standard InChI is InChI=1S/C25H29N3O4S2/c1-17-15-24(33-18(2)25(29)26-19-7-9-20(32-3)10-8-19)27-23-12-11-21(16-22(17)23)34(30,31)28-13-5-4-6-14-28/h7-12,15-16,18H,4-6,13-14H2,1-3H3,(H,26,29)/t18-/m0/s1. The molecule has 0 saturated carbocycles. The number of hydrogen-bond donors (Lipinski definition) is 1. The molecule has 180 valence electrons. The number of benzene rings is 2. The number of methoxy groups -OCH3 is 1. The Labute approximate surface area is 205 Å². The summed E-state index contributed by atoms with van der Waals surface area (Å²) in [4.78, 5) is 17.6. The number of hydrogen-bond acceptors (Lipinski definition) is 6. The highest BCUT2D eigenvalue weighted by Gasteiger charge is 2.26. The lowest BCUT2D eigenvalue weighted by Crippen LogP contribution is -2.35.